The molecular formula is C9H15NO2Si. The molecule has 13 heavy (non-hydrogen) atoms. The Balaban J connectivity index is 2.93. The second-order valence-electron chi connectivity index (χ2n) is 4.03. The molecule has 0 radical (unpaired) electrons. The molecule has 0 saturated carbocycles. The highest BCUT2D eigenvalue weighted by molar-refractivity contribution is 6.88. The maximum Gasteiger partial charge on any atom is 0.354 e. The molecule has 1 rings (SSSR count). The molecule has 0 bridgehead atoms. The molecule has 0 aromatic carbocycles. The van der Waals surface area contributed by atoms with Gasteiger partial charge in [0.05, 0.1) is 15.2 Å². The van der Waals surface area contributed by atoms with Gasteiger partial charge in [-0.2, -0.15) is 0 Å². The number of ether oxygens (including phenoxy) is 1. The fourth-order valence-corrected chi connectivity index (χ4v) is 2.15. The van der Waals surface area contributed by atoms with Crippen LogP contribution in [0.1, 0.15) is 10.5 Å². The summed E-state index contributed by atoms with van der Waals surface area (Å²) in [6, 6.07) is 3.75. The molecular weight excluding hydrogens is 182 g/mol. The first-order valence-corrected chi connectivity index (χ1v) is 7.73. The van der Waals surface area contributed by atoms with Crippen molar-refractivity contribution < 1.29 is 9.53 Å². The van der Waals surface area contributed by atoms with E-state index in [-0.39, 0.29) is 5.97 Å². The molecule has 4 heteroatoms. The second kappa shape index (κ2) is 3.37. The SMILES string of the molecule is COC(=O)c1ccc([Si](C)(C)C)[nH]1. The Hall–Kier alpha value is -1.03. The Kier molecular flexibility index (Phi) is 2.61. The first-order valence-electron chi connectivity index (χ1n) is 4.23. The van der Waals surface area contributed by atoms with E-state index < -0.39 is 8.07 Å². The second-order valence-corrected chi connectivity index (χ2v) is 9.07. The molecule has 0 fully saturated rings. The lowest BCUT2D eigenvalue weighted by Gasteiger charge is -2.12. The quantitative estimate of drug-likeness (QED) is 0.574. The van der Waals surface area contributed by atoms with Crippen molar-refractivity contribution >= 4 is 19.4 Å². The van der Waals surface area contributed by atoms with Crippen molar-refractivity contribution in [3.8, 4) is 0 Å². The molecule has 0 saturated heterocycles. The summed E-state index contributed by atoms with van der Waals surface area (Å²) in [4.78, 5) is 14.2. The lowest BCUT2D eigenvalue weighted by molar-refractivity contribution is 0.0595. The maximum absolute atomic E-state index is 11.1. The third kappa shape index (κ3) is 2.21. The van der Waals surface area contributed by atoms with E-state index in [0.717, 1.165) is 0 Å². The average Bonchev–Trinajstić information content (AvgIpc) is 2.50. The fraction of sp³-hybridized carbons (Fsp3) is 0.444. The number of hydrogen-bond donors (Lipinski definition) is 1. The molecule has 72 valence electrons. The summed E-state index contributed by atoms with van der Waals surface area (Å²) in [5.74, 6) is -0.301. The topological polar surface area (TPSA) is 42.1 Å². The van der Waals surface area contributed by atoms with Crippen molar-refractivity contribution in [2.45, 2.75) is 19.6 Å². The number of rotatable bonds is 2. The fourth-order valence-electron chi connectivity index (χ4n) is 1.06. The Morgan fingerprint density at radius 3 is 2.38 bits per heavy atom. The van der Waals surface area contributed by atoms with Gasteiger partial charge in [-0.15, -0.1) is 0 Å². The summed E-state index contributed by atoms with van der Waals surface area (Å²) < 4.78 is 4.61. The summed E-state index contributed by atoms with van der Waals surface area (Å²) in [5, 5.41) is 1.17. The van der Waals surface area contributed by atoms with Crippen LogP contribution in [0.5, 0.6) is 0 Å². The molecule has 0 unspecified atom stereocenters. The van der Waals surface area contributed by atoms with Crippen LogP contribution in [0.2, 0.25) is 19.6 Å². The number of hydrogen-bond acceptors (Lipinski definition) is 2. The third-order valence-corrected chi connectivity index (χ3v) is 3.81. The van der Waals surface area contributed by atoms with Crippen molar-refractivity contribution in [1.82, 2.24) is 4.98 Å². The van der Waals surface area contributed by atoms with Crippen LogP contribution < -0.4 is 5.32 Å². The van der Waals surface area contributed by atoms with Crippen LogP contribution in [0.15, 0.2) is 12.1 Å². The third-order valence-electron chi connectivity index (χ3n) is 1.90. The lowest BCUT2D eigenvalue weighted by atomic mass is 10.4. The number of carbonyl (C=O) groups is 1. The van der Waals surface area contributed by atoms with Crippen molar-refractivity contribution in [2.75, 3.05) is 7.11 Å². The van der Waals surface area contributed by atoms with E-state index in [1.54, 1.807) is 6.07 Å². The van der Waals surface area contributed by atoms with E-state index in [9.17, 15) is 4.79 Å². The van der Waals surface area contributed by atoms with Gasteiger partial charge in [-0.3, -0.25) is 0 Å². The van der Waals surface area contributed by atoms with Gasteiger partial charge >= 0.3 is 5.97 Å². The van der Waals surface area contributed by atoms with Crippen LogP contribution in [0.25, 0.3) is 0 Å². The molecule has 0 aliphatic heterocycles. The highest BCUT2D eigenvalue weighted by Gasteiger charge is 2.19. The van der Waals surface area contributed by atoms with E-state index in [1.165, 1.54) is 12.4 Å². The molecule has 1 aromatic rings. The predicted molar refractivity (Wildman–Crippen MR) is 55.1 cm³/mol. The van der Waals surface area contributed by atoms with Gasteiger partial charge in [-0.05, 0) is 17.4 Å². The van der Waals surface area contributed by atoms with Gasteiger partial charge in [-0.1, -0.05) is 19.6 Å². The van der Waals surface area contributed by atoms with Gasteiger partial charge < -0.3 is 9.72 Å². The number of aromatic amines is 1. The van der Waals surface area contributed by atoms with Crippen molar-refractivity contribution in [2.24, 2.45) is 0 Å². The maximum atomic E-state index is 11.1. The Morgan fingerprint density at radius 1 is 1.38 bits per heavy atom. The van der Waals surface area contributed by atoms with Crippen molar-refractivity contribution in [1.29, 1.82) is 0 Å². The van der Waals surface area contributed by atoms with E-state index in [0.29, 0.717) is 5.69 Å². The molecule has 0 spiro atoms. The van der Waals surface area contributed by atoms with Crippen LogP contribution in [0.4, 0.5) is 0 Å². The largest absolute Gasteiger partial charge is 0.464 e. The number of esters is 1. The van der Waals surface area contributed by atoms with E-state index in [2.05, 4.69) is 29.4 Å². The Morgan fingerprint density at radius 2 is 2.00 bits per heavy atom. The van der Waals surface area contributed by atoms with Gasteiger partial charge in [0.1, 0.15) is 5.69 Å². The smallest absolute Gasteiger partial charge is 0.354 e. The summed E-state index contributed by atoms with van der Waals surface area (Å²) in [6.45, 7) is 6.67. The zero-order valence-corrected chi connectivity index (χ0v) is 9.47. The van der Waals surface area contributed by atoms with Gasteiger partial charge in [0.2, 0.25) is 0 Å². The van der Waals surface area contributed by atoms with E-state index in [1.807, 2.05) is 6.07 Å². The molecule has 1 heterocycles. The van der Waals surface area contributed by atoms with Crippen molar-refractivity contribution in [3.05, 3.63) is 17.8 Å². The predicted octanol–water partition coefficient (Wildman–Crippen LogP) is 1.35. The number of methoxy groups -OCH3 is 1. The number of carbonyl (C=O) groups excluding carboxylic acids is 1. The van der Waals surface area contributed by atoms with Gasteiger partial charge in [-0.25, -0.2) is 4.79 Å². The average molecular weight is 197 g/mol. The number of H-pyrrole nitrogens is 1. The summed E-state index contributed by atoms with van der Waals surface area (Å²) in [5.41, 5.74) is 0.542. The highest BCUT2D eigenvalue weighted by Crippen LogP contribution is 2.03. The first kappa shape index (κ1) is 10.1. The van der Waals surface area contributed by atoms with Crippen LogP contribution in [-0.4, -0.2) is 26.1 Å². The molecule has 1 aromatic heterocycles. The minimum atomic E-state index is -1.33. The lowest BCUT2D eigenvalue weighted by Crippen LogP contribution is -2.38. The molecule has 1 N–H and O–H groups in total. The minimum Gasteiger partial charge on any atom is -0.464 e. The highest BCUT2D eigenvalue weighted by atomic mass is 28.3. The zero-order chi connectivity index (χ0) is 10.1. The van der Waals surface area contributed by atoms with Crippen LogP contribution in [0, 0.1) is 0 Å². The Labute approximate surface area is 79.1 Å². The summed E-state index contributed by atoms with van der Waals surface area (Å²) in [7, 11) is 0.0518. The summed E-state index contributed by atoms with van der Waals surface area (Å²) >= 11 is 0. The van der Waals surface area contributed by atoms with Crippen LogP contribution in [0.3, 0.4) is 0 Å². The number of nitrogens with one attached hydrogen (secondary N) is 1. The molecule has 0 aliphatic rings. The first-order chi connectivity index (χ1) is 5.95. The normalized spacial score (nSPS) is 11.4. The standard InChI is InChI=1S/C9H15NO2Si/c1-12-9(11)7-5-6-8(10-7)13(2,3)4/h5-6,10H,1-4H3. The molecule has 0 amide bonds. The number of aromatic nitrogens is 1. The van der Waals surface area contributed by atoms with Crippen molar-refractivity contribution in [3.63, 3.8) is 0 Å². The summed E-state index contributed by atoms with van der Waals surface area (Å²) in [6.07, 6.45) is 0. The molecule has 0 aliphatic carbocycles. The molecule has 3 nitrogen and oxygen atoms in total. The van der Waals surface area contributed by atoms with Gasteiger partial charge in [0.15, 0.2) is 0 Å². The van der Waals surface area contributed by atoms with Gasteiger partial charge in [0.25, 0.3) is 0 Å². The van der Waals surface area contributed by atoms with Crippen LogP contribution >= 0.6 is 0 Å². The van der Waals surface area contributed by atoms with Crippen LogP contribution in [-0.2, 0) is 4.74 Å². The minimum absolute atomic E-state index is 0.301. The zero-order valence-electron chi connectivity index (χ0n) is 8.47. The van der Waals surface area contributed by atoms with Gasteiger partial charge in [0, 0.05) is 0 Å². The van der Waals surface area contributed by atoms with E-state index >= 15 is 0 Å². The monoisotopic (exact) mass is 197 g/mol. The molecule has 0 atom stereocenters. The van der Waals surface area contributed by atoms with E-state index in [4.69, 9.17) is 0 Å². The Bertz CT molecular complexity index is 312.